The predicted octanol–water partition coefficient (Wildman–Crippen LogP) is 2.28. The SMILES string of the molecule is CNCc1ccc(C)c(S(=O)(=O)NC2CCCC2SC)c1. The standard InChI is InChI=1S/C15H24N2O2S2/c1-11-7-8-12(10-16-2)9-15(11)21(18,19)17-13-5-4-6-14(13)20-3/h7-9,13-14,16-17H,4-6,10H2,1-3H3. The molecule has 1 fully saturated rings. The van der Waals surface area contributed by atoms with Crippen LogP contribution in [-0.4, -0.2) is 33.0 Å². The molecule has 0 bridgehead atoms. The van der Waals surface area contributed by atoms with Gasteiger partial charge in [0.1, 0.15) is 0 Å². The summed E-state index contributed by atoms with van der Waals surface area (Å²) >= 11 is 1.75. The van der Waals surface area contributed by atoms with Crippen molar-refractivity contribution in [1.82, 2.24) is 10.0 Å². The molecule has 6 heteroatoms. The minimum Gasteiger partial charge on any atom is -0.316 e. The van der Waals surface area contributed by atoms with E-state index in [2.05, 4.69) is 16.3 Å². The molecule has 0 saturated heterocycles. The first-order chi connectivity index (χ1) is 9.97. The van der Waals surface area contributed by atoms with Crippen molar-refractivity contribution >= 4 is 21.8 Å². The van der Waals surface area contributed by atoms with Gasteiger partial charge in [0.15, 0.2) is 0 Å². The average molecular weight is 329 g/mol. The van der Waals surface area contributed by atoms with E-state index in [0.717, 1.165) is 30.4 Å². The summed E-state index contributed by atoms with van der Waals surface area (Å²) in [5.41, 5.74) is 1.78. The van der Waals surface area contributed by atoms with Gasteiger partial charge in [0.2, 0.25) is 10.0 Å². The summed E-state index contributed by atoms with van der Waals surface area (Å²) in [4.78, 5) is 0.405. The normalized spacial score (nSPS) is 22.6. The lowest BCUT2D eigenvalue weighted by atomic mass is 10.1. The maximum atomic E-state index is 12.7. The smallest absolute Gasteiger partial charge is 0.241 e. The predicted molar refractivity (Wildman–Crippen MR) is 89.2 cm³/mol. The van der Waals surface area contributed by atoms with Crippen molar-refractivity contribution in [2.75, 3.05) is 13.3 Å². The number of aryl methyl sites for hydroxylation is 1. The molecule has 0 amide bonds. The highest BCUT2D eigenvalue weighted by molar-refractivity contribution is 7.99. The summed E-state index contributed by atoms with van der Waals surface area (Å²) in [7, 11) is -1.59. The summed E-state index contributed by atoms with van der Waals surface area (Å²) in [6.07, 6.45) is 5.17. The van der Waals surface area contributed by atoms with Gasteiger partial charge in [0.05, 0.1) is 4.90 Å². The van der Waals surface area contributed by atoms with Gasteiger partial charge in [-0.3, -0.25) is 0 Å². The Morgan fingerprint density at radius 3 is 2.76 bits per heavy atom. The Balaban J connectivity index is 2.24. The topological polar surface area (TPSA) is 58.2 Å². The molecule has 0 heterocycles. The van der Waals surface area contributed by atoms with Crippen LogP contribution in [0.1, 0.15) is 30.4 Å². The molecule has 1 aliphatic carbocycles. The van der Waals surface area contributed by atoms with Gasteiger partial charge in [-0.25, -0.2) is 13.1 Å². The van der Waals surface area contributed by atoms with Gasteiger partial charge in [-0.2, -0.15) is 11.8 Å². The van der Waals surface area contributed by atoms with E-state index in [0.29, 0.717) is 16.7 Å². The number of benzene rings is 1. The second-order valence-corrected chi connectivity index (χ2v) is 8.32. The molecule has 118 valence electrons. The van der Waals surface area contributed by atoms with Gasteiger partial charge in [-0.15, -0.1) is 0 Å². The highest BCUT2D eigenvalue weighted by atomic mass is 32.2. The van der Waals surface area contributed by atoms with Crippen LogP contribution in [0.15, 0.2) is 23.1 Å². The highest BCUT2D eigenvalue weighted by Crippen LogP contribution is 2.30. The Morgan fingerprint density at radius 1 is 1.33 bits per heavy atom. The molecule has 2 atom stereocenters. The van der Waals surface area contributed by atoms with Gasteiger partial charge in [0, 0.05) is 17.8 Å². The fourth-order valence-electron chi connectivity index (χ4n) is 2.85. The van der Waals surface area contributed by atoms with E-state index in [1.807, 2.05) is 26.1 Å². The maximum Gasteiger partial charge on any atom is 0.241 e. The average Bonchev–Trinajstić information content (AvgIpc) is 2.87. The van der Waals surface area contributed by atoms with Crippen LogP contribution in [0.3, 0.4) is 0 Å². The van der Waals surface area contributed by atoms with Gasteiger partial charge < -0.3 is 5.32 Å². The number of thioether (sulfide) groups is 1. The third-order valence-electron chi connectivity index (χ3n) is 3.98. The summed E-state index contributed by atoms with van der Waals surface area (Å²) < 4.78 is 28.3. The van der Waals surface area contributed by atoms with Crippen molar-refractivity contribution < 1.29 is 8.42 Å². The molecule has 2 rings (SSSR count). The fourth-order valence-corrected chi connectivity index (χ4v) is 5.48. The van der Waals surface area contributed by atoms with E-state index in [4.69, 9.17) is 0 Å². The Morgan fingerprint density at radius 2 is 2.10 bits per heavy atom. The van der Waals surface area contributed by atoms with Crippen LogP contribution in [0.25, 0.3) is 0 Å². The summed E-state index contributed by atoms with van der Waals surface area (Å²) in [6, 6.07) is 5.67. The molecule has 4 nitrogen and oxygen atoms in total. The second-order valence-electron chi connectivity index (χ2n) is 5.56. The van der Waals surface area contributed by atoms with Crippen molar-refractivity contribution in [2.24, 2.45) is 0 Å². The first-order valence-corrected chi connectivity index (χ1v) is 10.0. The van der Waals surface area contributed by atoms with Crippen molar-refractivity contribution in [2.45, 2.75) is 48.9 Å². The number of rotatable bonds is 6. The van der Waals surface area contributed by atoms with E-state index in [1.54, 1.807) is 17.8 Å². The van der Waals surface area contributed by atoms with Crippen LogP contribution in [-0.2, 0) is 16.6 Å². The zero-order valence-corrected chi connectivity index (χ0v) is 14.5. The molecular formula is C15H24N2O2S2. The molecule has 1 aliphatic rings. The molecule has 0 aliphatic heterocycles. The van der Waals surface area contributed by atoms with Crippen LogP contribution in [0.4, 0.5) is 0 Å². The summed E-state index contributed by atoms with van der Waals surface area (Å²) in [5.74, 6) is 0. The first-order valence-electron chi connectivity index (χ1n) is 7.27. The van der Waals surface area contributed by atoms with Crippen molar-refractivity contribution in [1.29, 1.82) is 0 Å². The minimum atomic E-state index is -3.45. The molecule has 21 heavy (non-hydrogen) atoms. The fraction of sp³-hybridized carbons (Fsp3) is 0.600. The van der Waals surface area contributed by atoms with E-state index in [9.17, 15) is 8.42 Å². The molecule has 1 aromatic rings. The van der Waals surface area contributed by atoms with E-state index in [1.165, 1.54) is 0 Å². The van der Waals surface area contributed by atoms with Crippen LogP contribution in [0, 0.1) is 6.92 Å². The first kappa shape index (κ1) is 16.8. The Hall–Kier alpha value is -0.560. The van der Waals surface area contributed by atoms with Crippen molar-refractivity contribution in [3.8, 4) is 0 Å². The number of hydrogen-bond donors (Lipinski definition) is 2. The van der Waals surface area contributed by atoms with E-state index < -0.39 is 10.0 Å². The van der Waals surface area contributed by atoms with Crippen LogP contribution in [0.5, 0.6) is 0 Å². The minimum absolute atomic E-state index is 0.0531. The maximum absolute atomic E-state index is 12.7. The van der Waals surface area contributed by atoms with Crippen molar-refractivity contribution in [3.05, 3.63) is 29.3 Å². The monoisotopic (exact) mass is 328 g/mol. The zero-order valence-electron chi connectivity index (χ0n) is 12.8. The molecule has 0 spiro atoms. The third-order valence-corrected chi connectivity index (χ3v) is 6.79. The van der Waals surface area contributed by atoms with Gasteiger partial charge in [-0.1, -0.05) is 18.6 Å². The largest absolute Gasteiger partial charge is 0.316 e. The van der Waals surface area contributed by atoms with Gasteiger partial charge >= 0.3 is 0 Å². The second kappa shape index (κ2) is 7.13. The zero-order chi connectivity index (χ0) is 15.5. The Labute approximate surface area is 132 Å². The molecule has 1 saturated carbocycles. The van der Waals surface area contributed by atoms with Crippen molar-refractivity contribution in [3.63, 3.8) is 0 Å². The van der Waals surface area contributed by atoms with Gasteiger partial charge in [0.25, 0.3) is 0 Å². The van der Waals surface area contributed by atoms with Crippen LogP contribution >= 0.6 is 11.8 Å². The quantitative estimate of drug-likeness (QED) is 0.841. The number of nitrogens with one attached hydrogen (secondary N) is 2. The molecule has 0 aromatic heterocycles. The lowest BCUT2D eigenvalue weighted by Gasteiger charge is -2.20. The van der Waals surface area contributed by atoms with Crippen LogP contribution in [0.2, 0.25) is 0 Å². The molecule has 2 N–H and O–H groups in total. The Bertz CT molecular complexity index is 587. The van der Waals surface area contributed by atoms with Crippen LogP contribution < -0.4 is 10.0 Å². The molecule has 1 aromatic carbocycles. The Kier molecular flexibility index (Phi) is 5.71. The molecule has 0 radical (unpaired) electrons. The lowest BCUT2D eigenvalue weighted by molar-refractivity contribution is 0.554. The third kappa shape index (κ3) is 4.00. The number of hydrogen-bond acceptors (Lipinski definition) is 4. The van der Waals surface area contributed by atoms with Gasteiger partial charge in [-0.05, 0) is 50.3 Å². The molecular weight excluding hydrogens is 304 g/mol. The number of sulfonamides is 1. The summed E-state index contributed by atoms with van der Waals surface area (Å²) in [6.45, 7) is 2.51. The summed E-state index contributed by atoms with van der Waals surface area (Å²) in [5, 5.41) is 3.44. The highest BCUT2D eigenvalue weighted by Gasteiger charge is 2.31. The van der Waals surface area contributed by atoms with E-state index >= 15 is 0 Å². The van der Waals surface area contributed by atoms with E-state index in [-0.39, 0.29) is 6.04 Å². The lowest BCUT2D eigenvalue weighted by Crippen LogP contribution is -2.38. The molecule has 2 unspecified atom stereocenters.